The van der Waals surface area contributed by atoms with Crippen LogP contribution in [0.15, 0.2) is 35.9 Å². The van der Waals surface area contributed by atoms with E-state index in [9.17, 15) is 23.9 Å². The number of benzene rings is 1. The Balaban J connectivity index is 1.57. The summed E-state index contributed by atoms with van der Waals surface area (Å²) in [5.41, 5.74) is 1.62. The highest BCUT2D eigenvalue weighted by Gasteiger charge is 2.29. The first-order chi connectivity index (χ1) is 20.0. The Morgan fingerprint density at radius 3 is 2.52 bits per heavy atom. The third-order valence-corrected chi connectivity index (χ3v) is 8.17. The van der Waals surface area contributed by atoms with Gasteiger partial charge in [-0.15, -0.1) is 0 Å². The van der Waals surface area contributed by atoms with Gasteiger partial charge >= 0.3 is 18.1 Å². The number of carbonyl (C=O) groups is 3. The van der Waals surface area contributed by atoms with Crippen LogP contribution in [0.25, 0.3) is 6.08 Å². The molecule has 0 unspecified atom stereocenters. The second kappa shape index (κ2) is 14.2. The zero-order valence-corrected chi connectivity index (χ0v) is 24.9. The van der Waals surface area contributed by atoms with E-state index in [4.69, 9.17) is 9.47 Å². The molecule has 1 aromatic carbocycles. The number of amides is 3. The second-order valence-corrected chi connectivity index (χ2v) is 11.7. The van der Waals surface area contributed by atoms with Crippen LogP contribution >= 0.6 is 0 Å². The Morgan fingerprint density at radius 2 is 1.83 bits per heavy atom. The molecule has 5 atom stereocenters. The number of hydrogen-bond donors (Lipinski definition) is 2. The number of nitrogens with zero attached hydrogens (tertiary/aromatic N) is 3. The lowest BCUT2D eigenvalue weighted by molar-refractivity contribution is -0.151. The quantitative estimate of drug-likeness (QED) is 0.408. The highest BCUT2D eigenvalue weighted by atomic mass is 19.1. The molecule has 2 fully saturated rings. The molecule has 0 aromatic heterocycles. The third-order valence-electron chi connectivity index (χ3n) is 8.17. The molecule has 11 heteroatoms. The molecule has 0 spiro atoms. The number of hydrogen-bond acceptors (Lipinski definition) is 7. The van der Waals surface area contributed by atoms with Gasteiger partial charge in [0.05, 0.1) is 12.5 Å². The highest BCUT2D eigenvalue weighted by molar-refractivity contribution is 5.94. The van der Waals surface area contributed by atoms with Gasteiger partial charge in [0.1, 0.15) is 18.0 Å². The van der Waals surface area contributed by atoms with Crippen molar-refractivity contribution in [2.24, 2.45) is 11.8 Å². The molecule has 3 heterocycles. The Bertz CT molecular complexity index is 1200. The molecule has 2 saturated heterocycles. The van der Waals surface area contributed by atoms with Gasteiger partial charge in [-0.05, 0) is 68.1 Å². The van der Waals surface area contributed by atoms with Crippen molar-refractivity contribution in [1.29, 1.82) is 0 Å². The van der Waals surface area contributed by atoms with Crippen molar-refractivity contribution in [3.8, 4) is 0 Å². The number of aliphatic hydroxyl groups excluding tert-OH is 1. The van der Waals surface area contributed by atoms with Crippen LogP contribution in [0.3, 0.4) is 0 Å². The van der Waals surface area contributed by atoms with E-state index < -0.39 is 30.1 Å². The zero-order valence-electron chi connectivity index (χ0n) is 24.9. The number of anilines is 1. The summed E-state index contributed by atoms with van der Waals surface area (Å²) in [7, 11) is 2.02. The van der Waals surface area contributed by atoms with Crippen molar-refractivity contribution in [2.75, 3.05) is 51.2 Å². The van der Waals surface area contributed by atoms with Crippen LogP contribution < -0.4 is 10.2 Å². The molecular weight excluding hydrogens is 543 g/mol. The van der Waals surface area contributed by atoms with Crippen molar-refractivity contribution in [1.82, 2.24) is 15.1 Å². The molecule has 0 bridgehead atoms. The average Bonchev–Trinajstić information content (AvgIpc) is 3.37. The van der Waals surface area contributed by atoms with Gasteiger partial charge in [0.15, 0.2) is 0 Å². The number of carbonyl (C=O) groups excluding carboxylic acids is 3. The number of likely N-dealkylation sites (N-methyl/N-ethyl adjacent to an activating group) is 1. The molecule has 42 heavy (non-hydrogen) atoms. The van der Waals surface area contributed by atoms with E-state index in [-0.39, 0.29) is 30.4 Å². The predicted molar refractivity (Wildman–Crippen MR) is 157 cm³/mol. The van der Waals surface area contributed by atoms with Crippen LogP contribution in [-0.2, 0) is 14.3 Å². The molecule has 0 aliphatic carbocycles. The molecule has 10 nitrogen and oxygen atoms in total. The SMILES string of the molecule is C/C(=C\c1cc(F)cc(N2CCNC2=O)c1)[C@H]1OC(=O)C[C@H](O)CC[C@H](C)[C@@H](OC(=O)N2CCN(C)CC2)/C=C\[C@@H]1C. The monoisotopic (exact) mass is 586 g/mol. The molecule has 230 valence electrons. The molecule has 4 rings (SSSR count). The van der Waals surface area contributed by atoms with E-state index in [1.807, 2.05) is 33.0 Å². The minimum absolute atomic E-state index is 0.0847. The normalized spacial score (nSPS) is 29.3. The van der Waals surface area contributed by atoms with E-state index in [0.717, 1.165) is 13.1 Å². The fraction of sp³-hybridized carbons (Fsp3) is 0.581. The first kappa shape index (κ1) is 31.5. The number of esters is 1. The predicted octanol–water partition coefficient (Wildman–Crippen LogP) is 3.80. The average molecular weight is 587 g/mol. The van der Waals surface area contributed by atoms with Gasteiger partial charge < -0.3 is 29.7 Å². The van der Waals surface area contributed by atoms with E-state index in [0.29, 0.717) is 55.8 Å². The Morgan fingerprint density at radius 1 is 1.10 bits per heavy atom. The van der Waals surface area contributed by atoms with Gasteiger partial charge in [-0.25, -0.2) is 14.0 Å². The Hall–Kier alpha value is -3.44. The van der Waals surface area contributed by atoms with E-state index in [1.165, 1.54) is 17.0 Å². The molecule has 0 saturated carbocycles. The molecule has 0 radical (unpaired) electrons. The first-order valence-electron chi connectivity index (χ1n) is 14.7. The van der Waals surface area contributed by atoms with Crippen LogP contribution in [0.1, 0.15) is 45.6 Å². The largest absolute Gasteiger partial charge is 0.457 e. The maximum atomic E-state index is 14.6. The molecule has 1 aromatic rings. The van der Waals surface area contributed by atoms with Crippen molar-refractivity contribution in [3.05, 3.63) is 47.3 Å². The van der Waals surface area contributed by atoms with Crippen LogP contribution in [0.5, 0.6) is 0 Å². The van der Waals surface area contributed by atoms with Gasteiger partial charge in [0, 0.05) is 50.9 Å². The molecule has 3 aliphatic rings. The Labute approximate surface area is 247 Å². The fourth-order valence-electron chi connectivity index (χ4n) is 5.53. The number of nitrogens with one attached hydrogen (secondary N) is 1. The summed E-state index contributed by atoms with van der Waals surface area (Å²) >= 11 is 0. The smallest absolute Gasteiger partial charge is 0.410 e. The van der Waals surface area contributed by atoms with Gasteiger partial charge in [0.25, 0.3) is 0 Å². The van der Waals surface area contributed by atoms with Gasteiger partial charge in [-0.3, -0.25) is 9.69 Å². The van der Waals surface area contributed by atoms with Gasteiger partial charge in [-0.1, -0.05) is 26.0 Å². The second-order valence-electron chi connectivity index (χ2n) is 11.7. The third kappa shape index (κ3) is 8.32. The maximum Gasteiger partial charge on any atom is 0.410 e. The lowest BCUT2D eigenvalue weighted by atomic mass is 9.91. The lowest BCUT2D eigenvalue weighted by Crippen LogP contribution is -2.48. The summed E-state index contributed by atoms with van der Waals surface area (Å²) in [4.78, 5) is 43.3. The van der Waals surface area contributed by atoms with Crippen molar-refractivity contribution in [2.45, 2.75) is 58.3 Å². The van der Waals surface area contributed by atoms with Crippen LogP contribution in [0.4, 0.5) is 19.7 Å². The van der Waals surface area contributed by atoms with E-state index in [1.54, 1.807) is 24.0 Å². The van der Waals surface area contributed by atoms with Gasteiger partial charge in [0.2, 0.25) is 0 Å². The Kier molecular flexibility index (Phi) is 10.6. The fourth-order valence-corrected chi connectivity index (χ4v) is 5.53. The number of ether oxygens (including phenoxy) is 2. The molecule has 3 amide bonds. The number of urea groups is 1. The minimum atomic E-state index is -0.894. The van der Waals surface area contributed by atoms with E-state index in [2.05, 4.69) is 10.2 Å². The summed E-state index contributed by atoms with van der Waals surface area (Å²) in [5.74, 6) is -1.42. The highest BCUT2D eigenvalue weighted by Crippen LogP contribution is 2.27. The van der Waals surface area contributed by atoms with E-state index >= 15 is 0 Å². The van der Waals surface area contributed by atoms with Crippen LogP contribution in [0, 0.1) is 17.7 Å². The minimum Gasteiger partial charge on any atom is -0.457 e. The number of aliphatic hydroxyl groups is 1. The molecule has 3 aliphatic heterocycles. The topological polar surface area (TPSA) is 112 Å². The number of halogens is 1. The molecular formula is C31H43FN4O6. The summed E-state index contributed by atoms with van der Waals surface area (Å²) in [6.07, 6.45) is 3.73. The zero-order chi connectivity index (χ0) is 30.4. The number of cyclic esters (lactones) is 1. The standard InChI is InChI=1S/C31H43FN4O6/c1-20-5-7-26(37)19-28(38)42-29(21(2)6-8-27(20)41-31(40)35-13-11-34(4)12-14-35)22(3)15-23-16-24(32)18-25(17-23)36-10-9-33-30(36)39/h6,8,15-18,20-21,26-27,29,37H,5,7,9-14,19H2,1-4H3,(H,33,39)/b8-6-,22-15+/t20-,21-,26+,27-,29-/m0/s1. The summed E-state index contributed by atoms with van der Waals surface area (Å²) in [5, 5.41) is 13.3. The van der Waals surface area contributed by atoms with Gasteiger partial charge in [-0.2, -0.15) is 0 Å². The summed E-state index contributed by atoms with van der Waals surface area (Å²) < 4.78 is 26.4. The van der Waals surface area contributed by atoms with Crippen molar-refractivity contribution < 1.29 is 33.4 Å². The maximum absolute atomic E-state index is 14.6. The number of piperazine rings is 1. The lowest BCUT2D eigenvalue weighted by Gasteiger charge is -2.33. The summed E-state index contributed by atoms with van der Waals surface area (Å²) in [6.45, 7) is 9.35. The van der Waals surface area contributed by atoms with Crippen molar-refractivity contribution in [3.63, 3.8) is 0 Å². The van der Waals surface area contributed by atoms with Crippen LogP contribution in [-0.4, -0.2) is 97.6 Å². The van der Waals surface area contributed by atoms with Crippen molar-refractivity contribution >= 4 is 29.9 Å². The molecule has 2 N–H and O–H groups in total. The summed E-state index contributed by atoms with van der Waals surface area (Å²) in [6, 6.07) is 4.10. The van der Waals surface area contributed by atoms with Crippen LogP contribution in [0.2, 0.25) is 0 Å². The number of rotatable bonds is 4. The first-order valence-corrected chi connectivity index (χ1v) is 14.7.